The number of rotatable bonds is 12. The second kappa shape index (κ2) is 17.3. The van der Waals surface area contributed by atoms with E-state index in [-0.39, 0.29) is 25.5 Å². The molecule has 11 atom stereocenters. The zero-order chi connectivity index (χ0) is 44.1. The molecule has 0 aliphatic carbocycles. The summed E-state index contributed by atoms with van der Waals surface area (Å²) in [7, 11) is 1.56. The molecule has 0 aromatic heterocycles. The van der Waals surface area contributed by atoms with Gasteiger partial charge >= 0.3 is 11.9 Å². The van der Waals surface area contributed by atoms with Crippen LogP contribution in [0.4, 0.5) is 0 Å². The average molecular weight is 868 g/mol. The number of carboxylic acid groups (broad SMARTS) is 1. The van der Waals surface area contributed by atoms with Crippen molar-refractivity contribution in [3.63, 3.8) is 0 Å². The largest absolute Gasteiger partial charge is 0.493 e. The van der Waals surface area contributed by atoms with E-state index in [1.165, 1.54) is 0 Å². The lowest BCUT2D eigenvalue weighted by atomic mass is 9.76. The first-order valence-corrected chi connectivity index (χ1v) is 20.5. The quantitative estimate of drug-likeness (QED) is 0.0502. The van der Waals surface area contributed by atoms with Crippen LogP contribution in [0.15, 0.2) is 82.6 Å². The molecule has 18 nitrogen and oxygen atoms in total. The summed E-state index contributed by atoms with van der Waals surface area (Å²) in [5, 5.41) is 53.1. The molecule has 0 amide bonds. The number of carbonyl (C=O) groups excluding carboxylic acids is 1. The third-order valence-electron chi connectivity index (χ3n) is 12.2. The lowest BCUT2D eigenvalue weighted by Crippen LogP contribution is -3.08. The Labute approximate surface area is 360 Å². The maximum absolute atomic E-state index is 12.4. The van der Waals surface area contributed by atoms with E-state index < -0.39 is 85.4 Å². The van der Waals surface area contributed by atoms with Crippen LogP contribution in [0.5, 0.6) is 28.7 Å². The number of nitrogens with two attached hydrogens (primary N) is 2. The molecular weight excluding hydrogens is 821 g/mol. The molecule has 1 fully saturated rings. The topological polar surface area (TPSA) is 269 Å². The minimum Gasteiger partial charge on any atom is -0.493 e. The van der Waals surface area contributed by atoms with Gasteiger partial charge in [0.05, 0.1) is 31.7 Å². The molecule has 63 heavy (non-hydrogen) atoms. The van der Waals surface area contributed by atoms with Gasteiger partial charge in [-0.1, -0.05) is 48.2 Å². The summed E-state index contributed by atoms with van der Waals surface area (Å²) >= 11 is 0. The number of quaternary nitrogens is 1. The number of hydrogen-bond donors (Lipinski definition) is 8. The van der Waals surface area contributed by atoms with Crippen molar-refractivity contribution in [2.45, 2.75) is 86.4 Å². The first-order chi connectivity index (χ1) is 30.4. The number of ether oxygens (including phenoxy) is 7. The van der Waals surface area contributed by atoms with Gasteiger partial charge in [-0.3, -0.25) is 19.5 Å². The van der Waals surface area contributed by atoms with Crippen molar-refractivity contribution < 1.29 is 73.2 Å². The van der Waals surface area contributed by atoms with Gasteiger partial charge in [-0.15, -0.1) is 0 Å². The van der Waals surface area contributed by atoms with Crippen LogP contribution in [0, 0.1) is 11.8 Å². The summed E-state index contributed by atoms with van der Waals surface area (Å²) in [5.41, 5.74) is 17.3. The Morgan fingerprint density at radius 2 is 1.84 bits per heavy atom. The number of aliphatic hydroxyl groups is 4. The van der Waals surface area contributed by atoms with Crippen LogP contribution in [0.1, 0.15) is 53.0 Å². The van der Waals surface area contributed by atoms with Gasteiger partial charge in [-0.25, -0.2) is 0 Å². The molecule has 10 N–H and O–H groups in total. The van der Waals surface area contributed by atoms with Crippen molar-refractivity contribution in [3.05, 3.63) is 99.9 Å². The zero-order valence-electron chi connectivity index (χ0n) is 34.0. The molecule has 9 rings (SSSR count). The number of nitrogens with zero attached hydrogens (tertiary/aromatic N) is 1. The summed E-state index contributed by atoms with van der Waals surface area (Å²) in [4.78, 5) is 29.0. The molecule has 0 saturated carbocycles. The fraction of sp³-hybridized carbons (Fsp3) is 0.400. The molecule has 6 aliphatic rings. The Hall–Kier alpha value is -6.01. The average Bonchev–Trinajstić information content (AvgIpc) is 3.97. The third-order valence-corrected chi connectivity index (χ3v) is 12.2. The number of aliphatic carboxylic acids is 1. The Kier molecular flexibility index (Phi) is 11.6. The van der Waals surface area contributed by atoms with Crippen molar-refractivity contribution in [2.24, 2.45) is 16.5 Å². The molecule has 1 unspecified atom stereocenters. The number of fused-ring (bicyclic) bond motifs is 3. The second-order valence-corrected chi connectivity index (χ2v) is 16.0. The summed E-state index contributed by atoms with van der Waals surface area (Å²) in [6, 6.07) is 16.9. The highest BCUT2D eigenvalue weighted by Gasteiger charge is 2.54. The fourth-order valence-electron chi connectivity index (χ4n) is 9.31. The summed E-state index contributed by atoms with van der Waals surface area (Å²) < 4.78 is 43.8. The molecular formula is C45H47N4O14+. The maximum Gasteiger partial charge on any atom is 0.317 e. The van der Waals surface area contributed by atoms with Crippen LogP contribution in [-0.2, 0) is 25.6 Å². The standard InChI is InChI=1S/C45H46N4O14/c1-57-28-11-10-26-33-38-25(21-7-3-2-4-8-21)9-5-6-14-58-40(28)39(26)62-41(33)32-23(19-49-18-22-12-13-48-34(22)27(49)20-50)15-24(16-29(32)60-38)59-45-37(56)35(54)36(55)42(63-45)43(44(46)47)61-31(53)17-30(51)52/h2-4,7-8,10-13,15-16,25,33,35-38,41-45,50,54-56H,6,14,17-20,46-47H2,1H3,(H,51,52)/p+1/t25-,33-,35+,36+,37-,38-,41+,42+,43+,45-/m1/s1. The number of allylic oxidation sites excluding steroid dienone is 1. The number of benzene rings is 3. The van der Waals surface area contributed by atoms with Gasteiger partial charge in [-0.2, -0.15) is 0 Å². The lowest BCUT2D eigenvalue weighted by Gasteiger charge is -2.43. The lowest BCUT2D eigenvalue weighted by molar-refractivity contribution is -0.867. The van der Waals surface area contributed by atoms with E-state index in [4.69, 9.17) is 49.7 Å². The smallest absolute Gasteiger partial charge is 0.317 e. The third kappa shape index (κ3) is 7.76. The number of carbonyl (C=O) groups is 2. The molecule has 6 aliphatic heterocycles. The first kappa shape index (κ1) is 42.3. The van der Waals surface area contributed by atoms with Crippen LogP contribution in [0.2, 0.25) is 0 Å². The molecule has 3 aromatic carbocycles. The van der Waals surface area contributed by atoms with E-state index in [9.17, 15) is 30.0 Å². The van der Waals surface area contributed by atoms with Crippen molar-refractivity contribution >= 4 is 18.2 Å². The van der Waals surface area contributed by atoms with Crippen molar-refractivity contribution in [2.75, 3.05) is 26.9 Å². The number of nitrogens with one attached hydrogen (secondary N) is 1. The molecule has 18 heteroatoms. The Bertz CT molecular complexity index is 2450. The first-order valence-electron chi connectivity index (χ1n) is 20.5. The van der Waals surface area contributed by atoms with E-state index in [0.717, 1.165) is 21.6 Å². The van der Waals surface area contributed by atoms with Gasteiger partial charge in [-0.05, 0) is 23.8 Å². The molecule has 3 aromatic rings. The van der Waals surface area contributed by atoms with Crippen molar-refractivity contribution in [3.8, 4) is 40.6 Å². The minimum absolute atomic E-state index is 0.0997. The summed E-state index contributed by atoms with van der Waals surface area (Å²) in [5.74, 6) is 5.11. The highest BCUT2D eigenvalue weighted by molar-refractivity contribution is 5.90. The predicted molar refractivity (Wildman–Crippen MR) is 219 cm³/mol. The molecule has 0 radical (unpaired) electrons. The summed E-state index contributed by atoms with van der Waals surface area (Å²) in [6.07, 6.45) is -10.6. The molecule has 1 saturated heterocycles. The van der Waals surface area contributed by atoms with Gasteiger partial charge in [0.2, 0.25) is 12.0 Å². The predicted octanol–water partition coefficient (Wildman–Crippen LogP) is -0.327. The zero-order valence-corrected chi connectivity index (χ0v) is 34.0. The number of hydrogen-bond acceptors (Lipinski definition) is 16. The van der Waals surface area contributed by atoms with Crippen LogP contribution in [0.25, 0.3) is 0 Å². The van der Waals surface area contributed by atoms with Gasteiger partial charge in [0.15, 0.2) is 23.3 Å². The SMILES string of the molecule is COc1ccc2c3c1OCCC#C[C@H](c1ccccc1)[C@H]1Oc4cc(O[C@@H]5O[C@H]([C@H](OC(=O)CC(=O)O)C(N)N)[C@@H](O)[C@H](O)[C@H]5O)cc(C[NH+]5CC6=CC=NC6=C5CO)c4[C@H](O3)[C@H]21. The highest BCUT2D eigenvalue weighted by atomic mass is 16.7. The van der Waals surface area contributed by atoms with Crippen molar-refractivity contribution in [1.82, 2.24) is 0 Å². The number of aliphatic imine (C=N–C) groups is 1. The monoisotopic (exact) mass is 867 g/mol. The number of carboxylic acids is 1. The molecule has 6 heterocycles. The normalized spacial score (nSPS) is 29.1. The van der Waals surface area contributed by atoms with Crippen LogP contribution in [-0.4, -0.2) is 120 Å². The van der Waals surface area contributed by atoms with Gasteiger partial charge < -0.3 is 70.2 Å². The second-order valence-electron chi connectivity index (χ2n) is 16.0. The molecule has 0 spiro atoms. The number of aliphatic hydroxyl groups excluding tert-OH is 4. The van der Waals surface area contributed by atoms with E-state index in [1.54, 1.807) is 25.5 Å². The summed E-state index contributed by atoms with van der Waals surface area (Å²) in [6.45, 7) is 0.822. The highest BCUT2D eigenvalue weighted by Crippen LogP contribution is 2.60. The minimum atomic E-state index is -1.92. The molecule has 330 valence electrons. The van der Waals surface area contributed by atoms with E-state index in [1.807, 2.05) is 48.5 Å². The van der Waals surface area contributed by atoms with E-state index in [0.29, 0.717) is 58.5 Å². The van der Waals surface area contributed by atoms with Gasteiger partial charge in [0.1, 0.15) is 79.9 Å². The van der Waals surface area contributed by atoms with E-state index >= 15 is 0 Å². The number of methoxy groups -OCH3 is 1. The van der Waals surface area contributed by atoms with Crippen LogP contribution < -0.4 is 40.1 Å². The fourth-order valence-corrected chi connectivity index (χ4v) is 9.31. The number of esters is 1. The van der Waals surface area contributed by atoms with Crippen molar-refractivity contribution in [1.29, 1.82) is 0 Å². The van der Waals surface area contributed by atoms with Gasteiger partial charge in [0.25, 0.3) is 0 Å². The molecule has 4 bridgehead atoms. The Morgan fingerprint density at radius 3 is 2.59 bits per heavy atom. The Morgan fingerprint density at radius 1 is 1.03 bits per heavy atom. The van der Waals surface area contributed by atoms with Gasteiger partial charge in [0, 0.05) is 41.0 Å². The maximum atomic E-state index is 12.4. The van der Waals surface area contributed by atoms with Crippen LogP contribution in [0.3, 0.4) is 0 Å². The van der Waals surface area contributed by atoms with E-state index in [2.05, 4.69) is 16.8 Å². The van der Waals surface area contributed by atoms with Crippen LogP contribution >= 0.6 is 0 Å². The Balaban J connectivity index is 1.16.